The Hall–Kier alpha value is -0.960. The van der Waals surface area contributed by atoms with Gasteiger partial charge in [0.2, 0.25) is 0 Å². The van der Waals surface area contributed by atoms with E-state index in [-0.39, 0.29) is 19.0 Å². The van der Waals surface area contributed by atoms with Crippen molar-refractivity contribution in [1.82, 2.24) is 9.62 Å². The van der Waals surface area contributed by atoms with Crippen LogP contribution >= 0.6 is 0 Å². The molecule has 0 unspecified atom stereocenters. The van der Waals surface area contributed by atoms with Crippen molar-refractivity contribution >= 4 is 16.0 Å². The summed E-state index contributed by atoms with van der Waals surface area (Å²) >= 11 is 0. The molecule has 0 atom stereocenters. The Morgan fingerprint density at radius 3 is 2.35 bits per heavy atom. The maximum absolute atomic E-state index is 12.5. The minimum atomic E-state index is -4.45. The molecule has 0 aromatic carbocycles. The second-order valence-corrected chi connectivity index (χ2v) is 8.26. The van der Waals surface area contributed by atoms with Crippen molar-refractivity contribution in [3.8, 4) is 0 Å². The second kappa shape index (κ2) is 8.23. The van der Waals surface area contributed by atoms with E-state index >= 15 is 0 Å². The van der Waals surface area contributed by atoms with Gasteiger partial charge in [0, 0.05) is 25.7 Å². The molecule has 0 radical (unpaired) electrons. The summed E-state index contributed by atoms with van der Waals surface area (Å²) < 4.78 is 48.7. The van der Waals surface area contributed by atoms with Crippen molar-refractivity contribution in [3.63, 3.8) is 0 Å². The maximum atomic E-state index is 12.5. The highest BCUT2D eigenvalue weighted by atomic mass is 32.2. The Labute approximate surface area is 136 Å². The summed E-state index contributed by atoms with van der Waals surface area (Å²) in [7, 11) is -4.45. The van der Waals surface area contributed by atoms with Gasteiger partial charge < -0.3 is 11.1 Å². The van der Waals surface area contributed by atoms with Gasteiger partial charge in [-0.05, 0) is 31.6 Å². The summed E-state index contributed by atoms with van der Waals surface area (Å²) in [6.45, 7) is 0.764. The van der Waals surface area contributed by atoms with Crippen molar-refractivity contribution in [2.75, 3.05) is 19.6 Å². The molecule has 9 heteroatoms. The number of sulfonamides is 1. The largest absolute Gasteiger partial charge is 0.370 e. The van der Waals surface area contributed by atoms with Crippen molar-refractivity contribution in [3.05, 3.63) is 0 Å². The lowest BCUT2D eigenvalue weighted by Crippen LogP contribution is -2.43. The highest BCUT2D eigenvalue weighted by Gasteiger charge is 2.34. The molecule has 1 heterocycles. The number of rotatable bonds is 5. The zero-order valence-corrected chi connectivity index (χ0v) is 14.1. The Morgan fingerprint density at radius 1 is 1.17 bits per heavy atom. The third-order valence-electron chi connectivity index (χ3n) is 4.64. The average molecular weight is 352 g/mol. The number of hydrogen-bond donors (Lipinski definition) is 2. The van der Waals surface area contributed by atoms with Crippen LogP contribution in [0.4, 0.5) is 8.78 Å². The summed E-state index contributed by atoms with van der Waals surface area (Å²) in [5.74, 6) is -2.72. The van der Waals surface area contributed by atoms with Crippen LogP contribution in [0.1, 0.15) is 44.9 Å². The van der Waals surface area contributed by atoms with E-state index in [1.807, 2.05) is 0 Å². The van der Waals surface area contributed by atoms with Gasteiger partial charge in [0.1, 0.15) is 0 Å². The Morgan fingerprint density at radius 2 is 1.78 bits per heavy atom. The molecule has 1 aliphatic carbocycles. The lowest BCUT2D eigenvalue weighted by molar-refractivity contribution is 0.205. The van der Waals surface area contributed by atoms with E-state index in [1.54, 1.807) is 0 Å². The molecule has 0 aromatic heterocycles. The predicted molar refractivity (Wildman–Crippen MR) is 85.7 cm³/mol. The molecular weight excluding hydrogens is 326 g/mol. The van der Waals surface area contributed by atoms with Crippen LogP contribution in [-0.2, 0) is 10.0 Å². The molecule has 0 bridgehead atoms. The number of guanidine groups is 1. The fourth-order valence-electron chi connectivity index (χ4n) is 3.19. The van der Waals surface area contributed by atoms with Crippen molar-refractivity contribution in [1.29, 1.82) is 0 Å². The number of nitrogens with one attached hydrogen (secondary N) is 1. The topological polar surface area (TPSA) is 87.8 Å². The first-order valence-corrected chi connectivity index (χ1v) is 9.73. The van der Waals surface area contributed by atoms with E-state index in [2.05, 4.69) is 10.3 Å². The fourth-order valence-corrected chi connectivity index (χ4v) is 4.13. The van der Waals surface area contributed by atoms with Crippen LogP contribution in [-0.4, -0.2) is 50.1 Å². The van der Waals surface area contributed by atoms with Crippen molar-refractivity contribution in [2.45, 2.75) is 56.7 Å². The number of piperidine rings is 1. The molecule has 1 saturated carbocycles. The van der Waals surface area contributed by atoms with Gasteiger partial charge in [-0.25, -0.2) is 8.42 Å². The van der Waals surface area contributed by atoms with Gasteiger partial charge in [-0.1, -0.05) is 19.3 Å². The molecule has 2 aliphatic rings. The highest BCUT2D eigenvalue weighted by Crippen LogP contribution is 2.23. The lowest BCUT2D eigenvalue weighted by atomic mass is 9.96. The molecule has 1 aliphatic heterocycles. The quantitative estimate of drug-likeness (QED) is 0.580. The van der Waals surface area contributed by atoms with Gasteiger partial charge in [-0.3, -0.25) is 4.99 Å². The highest BCUT2D eigenvalue weighted by molar-refractivity contribution is 7.89. The molecular formula is C14H26F2N4O2S. The number of nitrogens with zero attached hydrogens (tertiary/aromatic N) is 2. The smallest absolute Gasteiger partial charge is 0.350 e. The average Bonchev–Trinajstić information content (AvgIpc) is 2.54. The van der Waals surface area contributed by atoms with Gasteiger partial charge in [0.05, 0.1) is 0 Å². The van der Waals surface area contributed by atoms with Crippen LogP contribution in [0.5, 0.6) is 0 Å². The third kappa shape index (κ3) is 5.27. The summed E-state index contributed by atoms with van der Waals surface area (Å²) in [6, 6.07) is 0.394. The first kappa shape index (κ1) is 18.4. The SMILES string of the molecule is NC(=NCC1CCN(S(=O)(=O)C(F)F)CC1)NC1CCCCC1. The fraction of sp³-hybridized carbons (Fsp3) is 0.929. The summed E-state index contributed by atoms with van der Waals surface area (Å²) in [4.78, 5) is 4.33. The van der Waals surface area contributed by atoms with Crippen molar-refractivity contribution in [2.24, 2.45) is 16.6 Å². The van der Waals surface area contributed by atoms with Gasteiger partial charge in [-0.2, -0.15) is 13.1 Å². The van der Waals surface area contributed by atoms with Crippen LogP contribution in [0, 0.1) is 5.92 Å². The molecule has 0 aromatic rings. The van der Waals surface area contributed by atoms with Gasteiger partial charge in [0.15, 0.2) is 5.96 Å². The van der Waals surface area contributed by atoms with Crippen molar-refractivity contribution < 1.29 is 17.2 Å². The summed E-state index contributed by atoms with van der Waals surface area (Å²) in [5, 5.41) is 3.23. The van der Waals surface area contributed by atoms with Crippen LogP contribution in [0.25, 0.3) is 0 Å². The number of halogens is 2. The molecule has 1 saturated heterocycles. The van der Waals surface area contributed by atoms with E-state index in [9.17, 15) is 17.2 Å². The monoisotopic (exact) mass is 352 g/mol. The lowest BCUT2D eigenvalue weighted by Gasteiger charge is -2.30. The van der Waals surface area contributed by atoms with Crippen LogP contribution in [0.15, 0.2) is 4.99 Å². The number of hydrogen-bond acceptors (Lipinski definition) is 3. The summed E-state index contributed by atoms with van der Waals surface area (Å²) in [6.07, 6.45) is 6.98. The zero-order chi connectivity index (χ0) is 16.9. The van der Waals surface area contributed by atoms with Gasteiger partial charge in [-0.15, -0.1) is 0 Å². The zero-order valence-electron chi connectivity index (χ0n) is 13.3. The molecule has 0 spiro atoms. The van der Waals surface area contributed by atoms with E-state index in [0.717, 1.165) is 17.1 Å². The van der Waals surface area contributed by atoms with E-state index in [0.29, 0.717) is 31.4 Å². The Bertz CT molecular complexity index is 499. The number of alkyl halides is 2. The standard InChI is InChI=1S/C14H26F2N4O2S/c15-13(16)23(21,22)20-8-6-11(7-9-20)10-18-14(17)19-12-4-2-1-3-5-12/h11-13H,1-10H2,(H3,17,18,19). The Balaban J connectivity index is 1.74. The number of aliphatic imine (C=N–C) groups is 1. The minimum Gasteiger partial charge on any atom is -0.370 e. The van der Waals surface area contributed by atoms with Crippen LogP contribution in [0.3, 0.4) is 0 Å². The minimum absolute atomic E-state index is 0.128. The first-order valence-electron chi connectivity index (χ1n) is 8.23. The molecule has 2 fully saturated rings. The summed E-state index contributed by atoms with van der Waals surface area (Å²) in [5.41, 5.74) is 5.89. The Kier molecular flexibility index (Phi) is 6.58. The molecule has 134 valence electrons. The number of nitrogens with two attached hydrogens (primary N) is 1. The molecule has 23 heavy (non-hydrogen) atoms. The maximum Gasteiger partial charge on any atom is 0.350 e. The van der Waals surface area contributed by atoms with Gasteiger partial charge >= 0.3 is 5.76 Å². The molecule has 0 amide bonds. The molecule has 2 rings (SSSR count). The van der Waals surface area contributed by atoms with E-state index in [4.69, 9.17) is 5.73 Å². The normalized spacial score (nSPS) is 23.3. The second-order valence-electron chi connectivity index (χ2n) is 6.35. The van der Waals surface area contributed by atoms with E-state index in [1.165, 1.54) is 19.3 Å². The van der Waals surface area contributed by atoms with Crippen LogP contribution < -0.4 is 11.1 Å². The molecule has 3 N–H and O–H groups in total. The van der Waals surface area contributed by atoms with Crippen LogP contribution in [0.2, 0.25) is 0 Å². The molecule has 6 nitrogen and oxygen atoms in total. The van der Waals surface area contributed by atoms with E-state index < -0.39 is 15.8 Å². The van der Waals surface area contributed by atoms with Gasteiger partial charge in [0.25, 0.3) is 10.0 Å². The first-order chi connectivity index (χ1) is 10.9. The predicted octanol–water partition coefficient (Wildman–Crippen LogP) is 1.49. The third-order valence-corrected chi connectivity index (χ3v) is 6.17.